The lowest BCUT2D eigenvalue weighted by atomic mass is 10.2. The van der Waals surface area contributed by atoms with Gasteiger partial charge in [-0.3, -0.25) is 4.57 Å². The third kappa shape index (κ3) is 6.42. The largest absolute Gasteiger partial charge is 0.497 e. The molecule has 0 aliphatic rings. The number of amides is 2. The molecule has 36 heavy (non-hydrogen) atoms. The smallest absolute Gasteiger partial charge is 0.319 e. The van der Waals surface area contributed by atoms with Crippen molar-refractivity contribution in [2.24, 2.45) is 0 Å². The lowest BCUT2D eigenvalue weighted by molar-refractivity contribution is 0.251. The fourth-order valence-corrected chi connectivity index (χ4v) is 4.73. The molecule has 0 radical (unpaired) electrons. The van der Waals surface area contributed by atoms with Gasteiger partial charge < -0.3 is 20.1 Å². The molecule has 0 bridgehead atoms. The van der Waals surface area contributed by atoms with Gasteiger partial charge in [0.2, 0.25) is 0 Å². The van der Waals surface area contributed by atoms with E-state index in [1.54, 1.807) is 56.7 Å². The first-order valence-electron chi connectivity index (χ1n) is 10.8. The Kier molecular flexibility index (Phi) is 8.58. The summed E-state index contributed by atoms with van der Waals surface area (Å²) in [6, 6.07) is 19.6. The van der Waals surface area contributed by atoms with Gasteiger partial charge in [0.25, 0.3) is 0 Å². The van der Waals surface area contributed by atoms with E-state index in [1.807, 2.05) is 28.8 Å². The van der Waals surface area contributed by atoms with Crippen molar-refractivity contribution in [2.75, 3.05) is 19.5 Å². The normalized spacial score (nSPS) is 10.7. The van der Waals surface area contributed by atoms with Gasteiger partial charge in [0.15, 0.2) is 11.0 Å². The number of hydrogen-bond acceptors (Lipinski definition) is 6. The van der Waals surface area contributed by atoms with Gasteiger partial charge in [-0.25, -0.2) is 4.79 Å². The molecule has 0 fully saturated rings. The summed E-state index contributed by atoms with van der Waals surface area (Å²) in [7, 11) is 3.22. The first kappa shape index (κ1) is 25.7. The minimum absolute atomic E-state index is 0.119. The van der Waals surface area contributed by atoms with Crippen LogP contribution in [0.3, 0.4) is 0 Å². The van der Waals surface area contributed by atoms with Gasteiger partial charge >= 0.3 is 6.03 Å². The van der Waals surface area contributed by atoms with Gasteiger partial charge in [-0.15, -0.1) is 10.2 Å². The van der Waals surface area contributed by atoms with Crippen molar-refractivity contribution >= 4 is 46.7 Å². The average Bonchev–Trinajstić information content (AvgIpc) is 3.29. The lowest BCUT2D eigenvalue weighted by Crippen LogP contribution is -2.29. The molecule has 1 heterocycles. The fourth-order valence-electron chi connectivity index (χ4n) is 3.33. The number of rotatable bonds is 9. The van der Waals surface area contributed by atoms with Gasteiger partial charge in [-0.1, -0.05) is 47.1 Å². The van der Waals surface area contributed by atoms with E-state index in [0.29, 0.717) is 43.9 Å². The van der Waals surface area contributed by atoms with Crippen molar-refractivity contribution in [2.45, 2.75) is 17.5 Å². The molecule has 4 aromatic rings. The van der Waals surface area contributed by atoms with E-state index >= 15 is 0 Å². The number of benzene rings is 3. The summed E-state index contributed by atoms with van der Waals surface area (Å²) < 4.78 is 12.3. The zero-order chi connectivity index (χ0) is 25.5. The Balaban J connectivity index is 1.53. The van der Waals surface area contributed by atoms with Crippen molar-refractivity contribution in [3.05, 3.63) is 88.2 Å². The predicted molar refractivity (Wildman–Crippen MR) is 143 cm³/mol. The number of anilines is 1. The minimum Gasteiger partial charge on any atom is -0.497 e. The number of methoxy groups -OCH3 is 2. The van der Waals surface area contributed by atoms with Crippen molar-refractivity contribution in [3.63, 3.8) is 0 Å². The molecule has 0 aliphatic heterocycles. The Morgan fingerprint density at radius 3 is 2.47 bits per heavy atom. The highest BCUT2D eigenvalue weighted by atomic mass is 35.5. The van der Waals surface area contributed by atoms with Crippen molar-refractivity contribution in [3.8, 4) is 17.2 Å². The number of aromatic nitrogens is 3. The second-order valence-corrected chi connectivity index (χ2v) is 9.29. The number of halogens is 2. The van der Waals surface area contributed by atoms with Crippen LogP contribution in [-0.2, 0) is 12.3 Å². The first-order chi connectivity index (χ1) is 17.5. The second kappa shape index (κ2) is 12.0. The number of carbonyl (C=O) groups is 1. The standard InChI is InChI=1S/C25H23Cl2N5O3S/c1-34-19-9-7-18(8-10-19)29-24(33)28-14-23-30-31-25(32(23)22-11-6-17(26)13-21(22)27)36-15-16-4-3-5-20(12-16)35-2/h3-13H,14-15H2,1-2H3,(H2,28,29,33). The van der Waals surface area contributed by atoms with E-state index in [0.717, 1.165) is 11.3 Å². The molecule has 0 saturated carbocycles. The zero-order valence-corrected chi connectivity index (χ0v) is 21.8. The molecular weight excluding hydrogens is 521 g/mol. The maximum Gasteiger partial charge on any atom is 0.319 e. The number of nitrogens with zero attached hydrogens (tertiary/aromatic N) is 3. The zero-order valence-electron chi connectivity index (χ0n) is 19.5. The Bertz CT molecular complexity index is 1350. The van der Waals surface area contributed by atoms with E-state index in [2.05, 4.69) is 20.8 Å². The summed E-state index contributed by atoms with van der Waals surface area (Å²) in [5.41, 5.74) is 2.35. The number of carbonyl (C=O) groups excluding carboxylic acids is 1. The third-order valence-corrected chi connectivity index (χ3v) is 6.65. The third-order valence-electron chi connectivity index (χ3n) is 5.11. The molecule has 2 N–H and O–H groups in total. The van der Waals surface area contributed by atoms with Crippen molar-refractivity contribution in [1.29, 1.82) is 0 Å². The van der Waals surface area contributed by atoms with Crippen LogP contribution in [0.25, 0.3) is 5.69 Å². The van der Waals surface area contributed by atoms with E-state index in [4.69, 9.17) is 32.7 Å². The van der Waals surface area contributed by atoms with Crippen molar-refractivity contribution < 1.29 is 14.3 Å². The number of urea groups is 1. The van der Waals surface area contributed by atoms with Gasteiger partial charge in [0.1, 0.15) is 11.5 Å². The molecule has 0 spiro atoms. The number of thioether (sulfide) groups is 1. The van der Waals surface area contributed by atoms with Crippen LogP contribution in [0.2, 0.25) is 10.0 Å². The summed E-state index contributed by atoms with van der Waals surface area (Å²) >= 11 is 14.1. The maximum atomic E-state index is 12.5. The van der Waals surface area contributed by atoms with Crippen LogP contribution in [0.15, 0.2) is 71.9 Å². The summed E-state index contributed by atoms with van der Waals surface area (Å²) in [4.78, 5) is 12.5. The van der Waals surface area contributed by atoms with E-state index in [1.165, 1.54) is 11.8 Å². The maximum absolute atomic E-state index is 12.5. The van der Waals surface area contributed by atoms with E-state index in [9.17, 15) is 4.79 Å². The van der Waals surface area contributed by atoms with Crippen LogP contribution in [-0.4, -0.2) is 35.0 Å². The number of hydrogen-bond donors (Lipinski definition) is 2. The summed E-state index contributed by atoms with van der Waals surface area (Å²) in [5.74, 6) is 2.62. The molecule has 0 unspecified atom stereocenters. The number of nitrogens with one attached hydrogen (secondary N) is 2. The average molecular weight is 544 g/mol. The van der Waals surface area contributed by atoms with Crippen molar-refractivity contribution in [1.82, 2.24) is 20.1 Å². The summed E-state index contributed by atoms with van der Waals surface area (Å²) in [5, 5.41) is 15.9. The Hall–Kier alpha value is -3.40. The van der Waals surface area contributed by atoms with Crippen LogP contribution in [0.4, 0.5) is 10.5 Å². The molecular formula is C25H23Cl2N5O3S. The Morgan fingerprint density at radius 1 is 0.972 bits per heavy atom. The molecule has 0 aliphatic carbocycles. The molecule has 2 amide bonds. The highest BCUT2D eigenvalue weighted by Crippen LogP contribution is 2.31. The molecule has 186 valence electrons. The predicted octanol–water partition coefficient (Wildman–Crippen LogP) is 6.21. The molecule has 11 heteroatoms. The first-order valence-corrected chi connectivity index (χ1v) is 12.6. The van der Waals surface area contributed by atoms with E-state index < -0.39 is 0 Å². The molecule has 1 aromatic heterocycles. The topological polar surface area (TPSA) is 90.3 Å². The molecule has 4 rings (SSSR count). The van der Waals surface area contributed by atoms with Crippen LogP contribution in [0, 0.1) is 0 Å². The monoisotopic (exact) mass is 543 g/mol. The van der Waals surface area contributed by atoms with Gasteiger partial charge in [-0.2, -0.15) is 0 Å². The van der Waals surface area contributed by atoms with Crippen LogP contribution < -0.4 is 20.1 Å². The highest BCUT2D eigenvalue weighted by molar-refractivity contribution is 7.98. The van der Waals surface area contributed by atoms with E-state index in [-0.39, 0.29) is 12.6 Å². The minimum atomic E-state index is -0.387. The molecule has 8 nitrogen and oxygen atoms in total. The quantitative estimate of drug-likeness (QED) is 0.244. The summed E-state index contributed by atoms with van der Waals surface area (Å²) in [6.07, 6.45) is 0. The van der Waals surface area contributed by atoms with Crippen LogP contribution in [0.5, 0.6) is 11.5 Å². The van der Waals surface area contributed by atoms with Gasteiger partial charge in [0.05, 0.1) is 31.5 Å². The number of ether oxygens (including phenoxy) is 2. The van der Waals surface area contributed by atoms with Crippen LogP contribution in [0.1, 0.15) is 11.4 Å². The van der Waals surface area contributed by atoms with Crippen LogP contribution >= 0.6 is 35.0 Å². The molecule has 3 aromatic carbocycles. The van der Waals surface area contributed by atoms with Gasteiger partial charge in [0, 0.05) is 16.5 Å². The molecule has 0 atom stereocenters. The SMILES string of the molecule is COc1ccc(NC(=O)NCc2nnc(SCc3cccc(OC)c3)n2-c2ccc(Cl)cc2Cl)cc1. The fraction of sp³-hybridized carbons (Fsp3) is 0.160. The Labute approximate surface area is 222 Å². The second-order valence-electron chi connectivity index (χ2n) is 7.51. The van der Waals surface area contributed by atoms with Gasteiger partial charge in [-0.05, 0) is 60.2 Å². The molecule has 0 saturated heterocycles. The summed E-state index contributed by atoms with van der Waals surface area (Å²) in [6.45, 7) is 0.119. The lowest BCUT2D eigenvalue weighted by Gasteiger charge is -2.13. The highest BCUT2D eigenvalue weighted by Gasteiger charge is 2.18. The Morgan fingerprint density at radius 2 is 1.75 bits per heavy atom.